The smallest absolute Gasteiger partial charge is 0.211 e. The number of aryl methyl sites for hydroxylation is 1. The normalized spacial score (nSPS) is 22.1. The van der Waals surface area contributed by atoms with Crippen LogP contribution in [0.15, 0.2) is 24.4 Å². The average Bonchev–Trinajstić information content (AvgIpc) is 2.46. The molecule has 118 valence electrons. The minimum Gasteiger partial charge on any atom is -0.393 e. The Balaban J connectivity index is 1.78. The molecule has 0 amide bonds. The lowest BCUT2D eigenvalue weighted by Crippen LogP contribution is -2.40. The van der Waals surface area contributed by atoms with Crippen LogP contribution in [-0.2, 0) is 16.4 Å². The van der Waals surface area contributed by atoms with Gasteiger partial charge in [-0.05, 0) is 50.2 Å². The second-order valence-electron chi connectivity index (χ2n) is 5.88. The largest absolute Gasteiger partial charge is 0.393 e. The molecule has 1 saturated heterocycles. The van der Waals surface area contributed by atoms with Crippen LogP contribution < -0.4 is 0 Å². The molecule has 0 saturated carbocycles. The van der Waals surface area contributed by atoms with Crippen molar-refractivity contribution in [2.24, 2.45) is 5.92 Å². The lowest BCUT2D eigenvalue weighted by molar-refractivity contribution is 0.114. The van der Waals surface area contributed by atoms with Crippen LogP contribution in [-0.4, -0.2) is 48.3 Å². The maximum Gasteiger partial charge on any atom is 0.211 e. The molecule has 2 heterocycles. The first kappa shape index (κ1) is 16.4. The van der Waals surface area contributed by atoms with Gasteiger partial charge in [-0.3, -0.25) is 4.98 Å². The highest BCUT2D eigenvalue weighted by Crippen LogP contribution is 2.23. The number of nitrogens with zero attached hydrogens (tertiary/aromatic N) is 2. The van der Waals surface area contributed by atoms with E-state index in [9.17, 15) is 13.5 Å². The number of hydrogen-bond donors (Lipinski definition) is 1. The number of hydrogen-bond acceptors (Lipinski definition) is 4. The Kier molecular flexibility index (Phi) is 5.72. The quantitative estimate of drug-likeness (QED) is 0.863. The molecule has 1 aliphatic heterocycles. The second-order valence-corrected chi connectivity index (χ2v) is 7.86. The molecule has 2 unspecified atom stereocenters. The first-order valence-electron chi connectivity index (χ1n) is 7.48. The van der Waals surface area contributed by atoms with Gasteiger partial charge in [0.25, 0.3) is 0 Å². The average molecular weight is 312 g/mol. The third kappa shape index (κ3) is 5.37. The number of aromatic nitrogens is 1. The van der Waals surface area contributed by atoms with Gasteiger partial charge in [0.15, 0.2) is 0 Å². The molecule has 1 fully saturated rings. The topological polar surface area (TPSA) is 70.5 Å². The zero-order chi connectivity index (χ0) is 15.3. The first-order chi connectivity index (χ1) is 9.95. The standard InChI is InChI=1S/C15H24N2O3S/c1-21(19,20)17-10-4-5-13(12-17)11-15(18)8-7-14-6-2-3-9-16-14/h2-3,6,9,13,15,18H,4-5,7-8,10-12H2,1H3. The van der Waals surface area contributed by atoms with Crippen LogP contribution in [0.4, 0.5) is 0 Å². The summed E-state index contributed by atoms with van der Waals surface area (Å²) < 4.78 is 24.7. The minimum absolute atomic E-state index is 0.257. The lowest BCUT2D eigenvalue weighted by Gasteiger charge is -2.32. The van der Waals surface area contributed by atoms with Crippen LogP contribution in [0, 0.1) is 5.92 Å². The molecule has 1 aromatic rings. The molecule has 0 radical (unpaired) electrons. The molecule has 0 aromatic carbocycles. The van der Waals surface area contributed by atoms with Crippen LogP contribution in [0.25, 0.3) is 0 Å². The van der Waals surface area contributed by atoms with E-state index in [0.717, 1.165) is 25.0 Å². The van der Waals surface area contributed by atoms with Gasteiger partial charge in [-0.15, -0.1) is 0 Å². The predicted molar refractivity (Wildman–Crippen MR) is 82.3 cm³/mol. The van der Waals surface area contributed by atoms with Gasteiger partial charge in [-0.1, -0.05) is 6.07 Å². The Morgan fingerprint density at radius 3 is 2.95 bits per heavy atom. The van der Waals surface area contributed by atoms with E-state index >= 15 is 0 Å². The van der Waals surface area contributed by atoms with Crippen molar-refractivity contribution in [2.75, 3.05) is 19.3 Å². The molecule has 2 atom stereocenters. The summed E-state index contributed by atoms with van der Waals surface area (Å²) >= 11 is 0. The molecule has 0 spiro atoms. The molecule has 0 bridgehead atoms. The highest BCUT2D eigenvalue weighted by molar-refractivity contribution is 7.88. The predicted octanol–water partition coefficient (Wildman–Crippen LogP) is 1.44. The lowest BCUT2D eigenvalue weighted by atomic mass is 9.92. The summed E-state index contributed by atoms with van der Waals surface area (Å²) in [6.07, 6.45) is 6.59. The maximum absolute atomic E-state index is 11.6. The number of piperidine rings is 1. The minimum atomic E-state index is -3.11. The summed E-state index contributed by atoms with van der Waals surface area (Å²) in [5.74, 6) is 0.257. The molecule has 2 rings (SSSR count). The summed E-state index contributed by atoms with van der Waals surface area (Å²) in [7, 11) is -3.11. The molecule has 21 heavy (non-hydrogen) atoms. The fourth-order valence-corrected chi connectivity index (χ4v) is 3.83. The van der Waals surface area contributed by atoms with Crippen molar-refractivity contribution >= 4 is 10.0 Å². The van der Waals surface area contributed by atoms with Crippen LogP contribution >= 0.6 is 0 Å². The molecule has 1 aliphatic rings. The van der Waals surface area contributed by atoms with Crippen molar-refractivity contribution in [1.29, 1.82) is 0 Å². The molecule has 1 N–H and O–H groups in total. The van der Waals surface area contributed by atoms with Gasteiger partial charge in [-0.2, -0.15) is 0 Å². The van der Waals surface area contributed by atoms with Crippen molar-refractivity contribution in [2.45, 2.75) is 38.2 Å². The van der Waals surface area contributed by atoms with Crippen molar-refractivity contribution in [3.63, 3.8) is 0 Å². The van der Waals surface area contributed by atoms with Crippen LogP contribution in [0.5, 0.6) is 0 Å². The summed E-state index contributed by atoms with van der Waals surface area (Å²) in [4.78, 5) is 4.24. The molecule has 5 nitrogen and oxygen atoms in total. The number of rotatable bonds is 6. The molecule has 0 aliphatic carbocycles. The van der Waals surface area contributed by atoms with E-state index in [0.29, 0.717) is 25.9 Å². The van der Waals surface area contributed by atoms with E-state index in [1.54, 1.807) is 6.20 Å². The number of aliphatic hydroxyl groups excluding tert-OH is 1. The Morgan fingerprint density at radius 2 is 2.29 bits per heavy atom. The van der Waals surface area contributed by atoms with E-state index in [4.69, 9.17) is 0 Å². The van der Waals surface area contributed by atoms with E-state index in [1.165, 1.54) is 10.6 Å². The third-order valence-electron chi connectivity index (χ3n) is 4.02. The summed E-state index contributed by atoms with van der Waals surface area (Å²) in [5.41, 5.74) is 0.984. The summed E-state index contributed by atoms with van der Waals surface area (Å²) in [6, 6.07) is 5.78. The van der Waals surface area contributed by atoms with Gasteiger partial charge in [0.1, 0.15) is 0 Å². The van der Waals surface area contributed by atoms with E-state index in [2.05, 4.69) is 4.98 Å². The van der Waals surface area contributed by atoms with Gasteiger partial charge >= 0.3 is 0 Å². The molecular formula is C15H24N2O3S. The Morgan fingerprint density at radius 1 is 1.48 bits per heavy atom. The zero-order valence-electron chi connectivity index (χ0n) is 12.5. The zero-order valence-corrected chi connectivity index (χ0v) is 13.3. The second kappa shape index (κ2) is 7.33. The number of pyridine rings is 1. The number of aliphatic hydroxyl groups is 1. The highest BCUT2D eigenvalue weighted by atomic mass is 32.2. The molecular weight excluding hydrogens is 288 g/mol. The molecule has 1 aromatic heterocycles. The van der Waals surface area contributed by atoms with Crippen LogP contribution in [0.3, 0.4) is 0 Å². The fraction of sp³-hybridized carbons (Fsp3) is 0.667. The van der Waals surface area contributed by atoms with Gasteiger partial charge < -0.3 is 5.11 Å². The van der Waals surface area contributed by atoms with E-state index in [-0.39, 0.29) is 5.92 Å². The van der Waals surface area contributed by atoms with Gasteiger partial charge in [-0.25, -0.2) is 12.7 Å². The van der Waals surface area contributed by atoms with Crippen molar-refractivity contribution in [1.82, 2.24) is 9.29 Å². The van der Waals surface area contributed by atoms with E-state index in [1.807, 2.05) is 18.2 Å². The Bertz CT molecular complexity index is 533. The van der Waals surface area contributed by atoms with Crippen molar-refractivity contribution in [3.05, 3.63) is 30.1 Å². The Labute approximate surface area is 127 Å². The maximum atomic E-state index is 11.6. The third-order valence-corrected chi connectivity index (χ3v) is 5.29. The van der Waals surface area contributed by atoms with Gasteiger partial charge in [0.05, 0.1) is 12.4 Å². The number of sulfonamides is 1. The fourth-order valence-electron chi connectivity index (χ4n) is 2.88. The summed E-state index contributed by atoms with van der Waals surface area (Å²) in [5, 5.41) is 10.2. The first-order valence-corrected chi connectivity index (χ1v) is 9.33. The summed E-state index contributed by atoms with van der Waals surface area (Å²) in [6.45, 7) is 1.15. The van der Waals surface area contributed by atoms with E-state index < -0.39 is 16.1 Å². The van der Waals surface area contributed by atoms with Crippen LogP contribution in [0.1, 0.15) is 31.4 Å². The van der Waals surface area contributed by atoms with Crippen LogP contribution in [0.2, 0.25) is 0 Å². The highest BCUT2D eigenvalue weighted by Gasteiger charge is 2.27. The van der Waals surface area contributed by atoms with Crippen molar-refractivity contribution in [3.8, 4) is 0 Å². The molecule has 6 heteroatoms. The Hall–Kier alpha value is -0.980. The van der Waals surface area contributed by atoms with Gasteiger partial charge in [0, 0.05) is 25.0 Å². The monoisotopic (exact) mass is 312 g/mol. The SMILES string of the molecule is CS(=O)(=O)N1CCCC(CC(O)CCc2ccccn2)C1. The van der Waals surface area contributed by atoms with Gasteiger partial charge in [0.2, 0.25) is 10.0 Å². The van der Waals surface area contributed by atoms with Crippen molar-refractivity contribution < 1.29 is 13.5 Å².